The molecule has 3 aliphatic rings. The van der Waals surface area contributed by atoms with Crippen molar-refractivity contribution in [3.8, 4) is 18.1 Å². The number of halogens is 2. The number of anilines is 4. The Balaban J connectivity index is 1.34. The van der Waals surface area contributed by atoms with E-state index in [-0.39, 0.29) is 35.4 Å². The van der Waals surface area contributed by atoms with Crippen LogP contribution in [0.2, 0.25) is 0 Å². The summed E-state index contributed by atoms with van der Waals surface area (Å²) in [5.74, 6) is -0.985. The van der Waals surface area contributed by atoms with E-state index < -0.39 is 18.5 Å². The van der Waals surface area contributed by atoms with Crippen molar-refractivity contribution < 1.29 is 13.5 Å². The van der Waals surface area contributed by atoms with Gasteiger partial charge in [-0.05, 0) is 13.0 Å². The molecule has 3 aliphatic heterocycles. The Kier molecular flexibility index (Phi) is 7.00. The van der Waals surface area contributed by atoms with Crippen molar-refractivity contribution in [2.24, 2.45) is 0 Å². The standard InChI is InChI=1S/C27H28F2N10OS2/c1-14(16-4-3-5-34-21(16)32)38(2)23-18(8-31)24(37-25(36-23)40-9-15-6-27(28,29)11-35-15)39-12-26(13-39)20-17(7-30)22(33)42-19(20)10-41-26/h3-5,14-15,35H,6,9-13,33H2,1-2H3,(H2,32,34)/t14-,15+/m1/s1. The molecule has 15 heteroatoms. The number of nitriles is 2. The lowest BCUT2D eigenvalue weighted by Crippen LogP contribution is -2.57. The van der Waals surface area contributed by atoms with Crippen molar-refractivity contribution in [3.05, 3.63) is 45.5 Å². The number of fused-ring (bicyclic) bond motifs is 2. The van der Waals surface area contributed by atoms with E-state index >= 15 is 0 Å². The first-order valence-electron chi connectivity index (χ1n) is 13.3. The number of rotatable bonds is 7. The zero-order valence-electron chi connectivity index (χ0n) is 22.9. The Morgan fingerprint density at radius 3 is 2.69 bits per heavy atom. The third-order valence-electron chi connectivity index (χ3n) is 8.05. The molecule has 0 amide bonds. The minimum Gasteiger partial charge on any atom is -0.462 e. The van der Waals surface area contributed by atoms with E-state index in [9.17, 15) is 19.3 Å². The molecule has 6 rings (SSSR count). The van der Waals surface area contributed by atoms with Gasteiger partial charge in [0.2, 0.25) is 0 Å². The molecule has 0 bridgehead atoms. The van der Waals surface area contributed by atoms with Crippen molar-refractivity contribution in [2.45, 2.75) is 41.9 Å². The van der Waals surface area contributed by atoms with Gasteiger partial charge in [0.05, 0.1) is 22.9 Å². The lowest BCUT2D eigenvalue weighted by molar-refractivity contribution is 0.0195. The number of nitrogens with zero attached hydrogens (tertiary/aromatic N) is 7. The predicted molar refractivity (Wildman–Crippen MR) is 158 cm³/mol. The van der Waals surface area contributed by atoms with Crippen LogP contribution in [0.4, 0.5) is 31.2 Å². The molecule has 11 nitrogen and oxygen atoms in total. The van der Waals surface area contributed by atoms with E-state index in [1.165, 1.54) is 11.3 Å². The van der Waals surface area contributed by atoms with Crippen LogP contribution in [0, 0.1) is 22.7 Å². The summed E-state index contributed by atoms with van der Waals surface area (Å²) in [4.78, 5) is 18.2. The van der Waals surface area contributed by atoms with Crippen LogP contribution in [0.15, 0.2) is 18.3 Å². The van der Waals surface area contributed by atoms with Gasteiger partial charge in [-0.15, -0.1) is 23.1 Å². The van der Waals surface area contributed by atoms with Gasteiger partial charge in [0.25, 0.3) is 5.92 Å². The van der Waals surface area contributed by atoms with Gasteiger partial charge >= 0.3 is 6.01 Å². The maximum atomic E-state index is 13.8. The number of ether oxygens (including phenoxy) is 1. The van der Waals surface area contributed by atoms with Gasteiger partial charge in [-0.25, -0.2) is 13.8 Å². The van der Waals surface area contributed by atoms with Crippen LogP contribution in [0.3, 0.4) is 0 Å². The molecule has 2 atom stereocenters. The van der Waals surface area contributed by atoms with Gasteiger partial charge in [0.15, 0.2) is 11.6 Å². The number of aromatic nitrogens is 3. The van der Waals surface area contributed by atoms with Crippen molar-refractivity contribution in [3.63, 3.8) is 0 Å². The van der Waals surface area contributed by atoms with Crippen LogP contribution < -0.4 is 31.3 Å². The van der Waals surface area contributed by atoms with Crippen LogP contribution in [0.1, 0.15) is 46.5 Å². The monoisotopic (exact) mass is 610 g/mol. The molecular formula is C27H28F2N10OS2. The molecule has 218 valence electrons. The minimum absolute atomic E-state index is 0.0209. The van der Waals surface area contributed by atoms with Gasteiger partial charge in [-0.3, -0.25) is 0 Å². The molecule has 2 saturated heterocycles. The highest BCUT2D eigenvalue weighted by Gasteiger charge is 2.53. The lowest BCUT2D eigenvalue weighted by Gasteiger charge is -2.48. The number of thioether (sulfide) groups is 1. The first-order valence-corrected chi connectivity index (χ1v) is 15.1. The number of nitrogens with two attached hydrogens (primary N) is 2. The van der Waals surface area contributed by atoms with E-state index in [2.05, 4.69) is 32.4 Å². The molecule has 1 spiro atoms. The van der Waals surface area contributed by atoms with E-state index in [0.29, 0.717) is 41.1 Å². The third-order valence-corrected chi connectivity index (χ3v) is 10.7. The van der Waals surface area contributed by atoms with Crippen LogP contribution in [0.25, 0.3) is 0 Å². The average Bonchev–Trinajstić information content (AvgIpc) is 3.60. The Hall–Kier alpha value is -3.92. The second-order valence-corrected chi connectivity index (χ2v) is 13.2. The number of nitrogens with one attached hydrogen (secondary N) is 1. The third kappa shape index (κ3) is 4.71. The fraction of sp³-hybridized carbons (Fsp3) is 0.444. The summed E-state index contributed by atoms with van der Waals surface area (Å²) in [5, 5.41) is 23.4. The largest absolute Gasteiger partial charge is 0.462 e. The zero-order chi connectivity index (χ0) is 29.8. The van der Waals surface area contributed by atoms with Crippen LogP contribution >= 0.6 is 23.1 Å². The fourth-order valence-electron chi connectivity index (χ4n) is 5.77. The highest BCUT2D eigenvalue weighted by atomic mass is 32.2. The smallest absolute Gasteiger partial charge is 0.320 e. The fourth-order valence-corrected chi connectivity index (χ4v) is 8.58. The van der Waals surface area contributed by atoms with E-state index in [1.807, 2.05) is 17.9 Å². The molecule has 0 aromatic carbocycles. The van der Waals surface area contributed by atoms with Crippen molar-refractivity contribution >= 4 is 45.6 Å². The molecule has 2 fully saturated rings. The first-order chi connectivity index (χ1) is 20.1. The number of nitrogen functional groups attached to an aromatic ring is 2. The molecule has 5 N–H and O–H groups in total. The molecular weight excluding hydrogens is 582 g/mol. The van der Waals surface area contributed by atoms with Crippen molar-refractivity contribution in [2.75, 3.05) is 54.6 Å². The normalized spacial score (nSPS) is 20.4. The van der Waals surface area contributed by atoms with Crippen LogP contribution in [0.5, 0.6) is 6.01 Å². The van der Waals surface area contributed by atoms with Gasteiger partial charge in [-0.1, -0.05) is 6.07 Å². The molecule has 0 unspecified atom stereocenters. The quantitative estimate of drug-likeness (QED) is 0.358. The molecule has 0 aliphatic carbocycles. The van der Waals surface area contributed by atoms with Crippen molar-refractivity contribution in [1.82, 2.24) is 20.3 Å². The van der Waals surface area contributed by atoms with Crippen LogP contribution in [-0.4, -0.2) is 60.2 Å². The predicted octanol–water partition coefficient (Wildman–Crippen LogP) is 3.38. The summed E-state index contributed by atoms with van der Waals surface area (Å²) in [6, 6.07) is 7.28. The summed E-state index contributed by atoms with van der Waals surface area (Å²) in [6.45, 7) is 2.46. The Morgan fingerprint density at radius 1 is 1.26 bits per heavy atom. The van der Waals surface area contributed by atoms with Crippen LogP contribution in [-0.2, 0) is 10.5 Å². The minimum atomic E-state index is -2.80. The Labute approximate surface area is 249 Å². The highest BCUT2D eigenvalue weighted by Crippen LogP contribution is 2.58. The maximum Gasteiger partial charge on any atom is 0.320 e. The number of alkyl halides is 2. The Bertz CT molecular complexity index is 1630. The summed E-state index contributed by atoms with van der Waals surface area (Å²) in [7, 11) is 1.79. The molecule has 0 radical (unpaired) electrons. The maximum absolute atomic E-state index is 13.8. The van der Waals surface area contributed by atoms with Gasteiger partial charge in [0.1, 0.15) is 35.1 Å². The topological polar surface area (TPSA) is 166 Å². The van der Waals surface area contributed by atoms with Gasteiger partial charge in [0, 0.05) is 60.6 Å². The number of hydrogen-bond donors (Lipinski definition) is 3. The lowest BCUT2D eigenvalue weighted by atomic mass is 9.88. The number of thiophene rings is 1. The Morgan fingerprint density at radius 2 is 2.02 bits per heavy atom. The molecule has 3 aromatic heterocycles. The first kappa shape index (κ1) is 28.2. The van der Waals surface area contributed by atoms with Crippen molar-refractivity contribution in [1.29, 1.82) is 10.5 Å². The SMILES string of the molecule is C[C@H](c1cccnc1N)N(C)c1nc(OC[C@@H]2CC(F)(F)CN2)nc(N2CC3(C2)SCc2sc(N)c(C#N)c23)c1C#N. The second kappa shape index (κ2) is 10.4. The molecule has 3 aromatic rings. The summed E-state index contributed by atoms with van der Waals surface area (Å²) in [6.07, 6.45) is 1.26. The highest BCUT2D eigenvalue weighted by molar-refractivity contribution is 8.00. The number of hydrogen-bond acceptors (Lipinski definition) is 13. The van der Waals surface area contributed by atoms with Gasteiger partial charge < -0.3 is 31.3 Å². The van der Waals surface area contributed by atoms with E-state index in [0.717, 1.165) is 21.8 Å². The average molecular weight is 611 g/mol. The molecule has 0 saturated carbocycles. The zero-order valence-corrected chi connectivity index (χ0v) is 24.5. The molecule has 6 heterocycles. The van der Waals surface area contributed by atoms with E-state index in [4.69, 9.17) is 16.2 Å². The summed E-state index contributed by atoms with van der Waals surface area (Å²) >= 11 is 3.21. The summed E-state index contributed by atoms with van der Waals surface area (Å²) < 4.78 is 33.1. The number of pyridine rings is 1. The van der Waals surface area contributed by atoms with E-state index in [1.54, 1.807) is 36.0 Å². The second-order valence-electron chi connectivity index (χ2n) is 10.7. The van der Waals surface area contributed by atoms with Gasteiger partial charge in [-0.2, -0.15) is 20.5 Å². The molecule has 42 heavy (non-hydrogen) atoms. The summed E-state index contributed by atoms with van der Waals surface area (Å²) in [5.41, 5.74) is 14.8.